The van der Waals surface area contributed by atoms with Gasteiger partial charge in [-0.15, -0.1) is 0 Å². The predicted octanol–water partition coefficient (Wildman–Crippen LogP) is 25.3. The van der Waals surface area contributed by atoms with E-state index in [0.717, 1.165) is 173 Å². The third kappa shape index (κ3) is 83.4. The number of aliphatic hydroxyl groups is 2. The van der Waals surface area contributed by atoms with Crippen LogP contribution >= 0.6 is 15.6 Å². The van der Waals surface area contributed by atoms with E-state index in [4.69, 9.17) is 32.3 Å². The second-order valence-electron chi connectivity index (χ2n) is 27.5. The van der Waals surface area contributed by atoms with Gasteiger partial charge in [0.15, 0.2) is 6.10 Å². The second kappa shape index (κ2) is 82.1. The van der Waals surface area contributed by atoms with Crippen LogP contribution in [-0.2, 0) is 55.8 Å². The van der Waals surface area contributed by atoms with Crippen LogP contribution in [0.5, 0.6) is 0 Å². The maximum Gasteiger partial charge on any atom is 0.472 e. The molecule has 4 N–H and O–H groups in total. The first kappa shape index (κ1) is 104. The van der Waals surface area contributed by atoms with Crippen LogP contribution in [0.25, 0.3) is 0 Å². The molecule has 0 aromatic heterocycles. The molecule has 18 heteroatoms. The summed E-state index contributed by atoms with van der Waals surface area (Å²) in [6.07, 6.45) is 106. The molecule has 0 heterocycles. The minimum atomic E-state index is -4.96. The predicted molar refractivity (Wildman–Crippen MR) is 454 cm³/mol. The molecule has 0 saturated carbocycles. The number of phosphoric acid groups is 2. The number of unbranched alkanes of at least 4 members (excludes halogenated alkanes) is 25. The van der Waals surface area contributed by atoms with Gasteiger partial charge in [0.05, 0.1) is 26.4 Å². The molecule has 0 aromatic carbocycles. The van der Waals surface area contributed by atoms with Crippen LogP contribution in [0.15, 0.2) is 182 Å². The lowest BCUT2D eigenvalue weighted by Crippen LogP contribution is -2.30. The molecular formula is C91H150O16P2. The fourth-order valence-electron chi connectivity index (χ4n) is 10.8. The SMILES string of the molecule is CC/C=C\C/C=C\C/C=C\C/C=C\C/C=C\C/C=C\CCCCCCCCC(=O)OCC(COP(=O)(O)OCC(O)COP(=O)(O)OCC(O)COC(=O)CCCCCCCCCCCCCCC/C=C\C/C=C\C/C=C\C/C=C\CCCCC)OC(=O)CCCCC/C=C\C/C=C\C/C=C\C/C=C\C/C=C\CC. The van der Waals surface area contributed by atoms with Gasteiger partial charge in [0, 0.05) is 19.3 Å². The molecule has 0 amide bonds. The highest BCUT2D eigenvalue weighted by Crippen LogP contribution is 2.45. The maximum absolute atomic E-state index is 13.0. The fourth-order valence-corrected chi connectivity index (χ4v) is 12.3. The summed E-state index contributed by atoms with van der Waals surface area (Å²) in [6, 6.07) is 0. The monoisotopic (exact) mass is 1560 g/mol. The Hall–Kier alpha value is -5.35. The molecule has 0 aliphatic heterocycles. The largest absolute Gasteiger partial charge is 0.472 e. The minimum Gasteiger partial charge on any atom is -0.463 e. The fraction of sp³-hybridized carbons (Fsp3) is 0.637. The summed E-state index contributed by atoms with van der Waals surface area (Å²) in [6.45, 7) is 2.37. The van der Waals surface area contributed by atoms with Gasteiger partial charge in [-0.1, -0.05) is 319 Å². The molecular weight excluding hydrogens is 1410 g/mol. The lowest BCUT2D eigenvalue weighted by Gasteiger charge is -2.21. The Morgan fingerprint density at radius 3 is 0.780 bits per heavy atom. The topological polar surface area (TPSA) is 231 Å². The van der Waals surface area contributed by atoms with Crippen molar-refractivity contribution in [3.05, 3.63) is 182 Å². The number of hydrogen-bond donors (Lipinski definition) is 4. The van der Waals surface area contributed by atoms with Crippen molar-refractivity contribution in [3.63, 3.8) is 0 Å². The van der Waals surface area contributed by atoms with Crippen molar-refractivity contribution >= 4 is 33.6 Å². The van der Waals surface area contributed by atoms with Crippen molar-refractivity contribution in [3.8, 4) is 0 Å². The third-order valence-electron chi connectivity index (χ3n) is 17.1. The molecule has 0 aromatic rings. The Bertz CT molecular complexity index is 2710. The lowest BCUT2D eigenvalue weighted by molar-refractivity contribution is -0.161. The molecule has 0 bridgehead atoms. The average Bonchev–Trinajstić information content (AvgIpc) is 0.906. The molecule has 0 radical (unpaired) electrons. The third-order valence-corrected chi connectivity index (χ3v) is 19.0. The Labute approximate surface area is 662 Å². The quantitative estimate of drug-likeness (QED) is 0.0146. The first-order chi connectivity index (χ1) is 53.2. The van der Waals surface area contributed by atoms with Crippen LogP contribution in [0.2, 0.25) is 0 Å². The van der Waals surface area contributed by atoms with Crippen molar-refractivity contribution in [2.24, 2.45) is 0 Å². The van der Waals surface area contributed by atoms with E-state index in [2.05, 4.69) is 203 Å². The molecule has 0 fully saturated rings. The summed E-state index contributed by atoms with van der Waals surface area (Å²) in [5.74, 6) is -1.64. The van der Waals surface area contributed by atoms with Crippen LogP contribution in [0.1, 0.15) is 316 Å². The zero-order valence-electron chi connectivity index (χ0n) is 67.9. The van der Waals surface area contributed by atoms with Crippen LogP contribution in [-0.4, -0.2) is 95.9 Å². The number of allylic oxidation sites excluding steroid dienone is 30. The number of carbonyl (C=O) groups excluding carboxylic acids is 3. The minimum absolute atomic E-state index is 0.0546. The van der Waals surface area contributed by atoms with Crippen LogP contribution in [0, 0.1) is 0 Å². The first-order valence-corrected chi connectivity index (χ1v) is 45.1. The standard InChI is InChI=1S/C91H150O16P2/c1-4-7-10-13-16-19-22-25-28-31-34-36-38-40-41-42-43-45-47-48-51-53-56-59-62-65-68-71-74-77-89(94)101-80-86(92)81-103-108(97,98)104-82-87(93)83-105-109(99,100)106-85-88(107-91(96)79-76-73-70-67-64-61-58-55-50-33-30-27-24-21-18-15-12-9-6-3)84-102-90(95)78-75-72-69-66-63-60-57-54-52-49-46-44-39-37-35-32-29-26-23-20-17-14-11-8-5-2/h8-9,11-12,16-21,25-30,34-37,40-41,44,46,50,52,54-55,61,64,86-88,92-93H,4-7,10,13-15,22-24,31-33,38-39,42-43,45,47-49,51,53,56-60,62-63,65-85H2,1-3H3,(H,97,98)(H,99,100)/b11-8-,12-9-,19-16-,20-17-,21-18-,28-25-,29-26-,30-27-,36-34-,37-35-,41-40-,46-44-,54-52-,55-50-,64-61-. The number of aliphatic hydroxyl groups excluding tert-OH is 2. The van der Waals surface area contributed by atoms with E-state index in [1.807, 2.05) is 0 Å². The zero-order chi connectivity index (χ0) is 79.4. The summed E-state index contributed by atoms with van der Waals surface area (Å²) < 4.78 is 61.3. The van der Waals surface area contributed by atoms with Gasteiger partial charge in [-0.25, -0.2) is 9.13 Å². The van der Waals surface area contributed by atoms with E-state index in [0.29, 0.717) is 19.3 Å². The van der Waals surface area contributed by atoms with E-state index in [1.165, 1.54) is 83.5 Å². The number of esters is 3. The Morgan fingerprint density at radius 1 is 0.266 bits per heavy atom. The summed E-state index contributed by atoms with van der Waals surface area (Å²) >= 11 is 0. The van der Waals surface area contributed by atoms with Gasteiger partial charge < -0.3 is 34.2 Å². The van der Waals surface area contributed by atoms with Crippen molar-refractivity contribution < 1.29 is 75.8 Å². The summed E-state index contributed by atoms with van der Waals surface area (Å²) in [5.41, 5.74) is 0. The molecule has 109 heavy (non-hydrogen) atoms. The molecule has 16 nitrogen and oxygen atoms in total. The van der Waals surface area contributed by atoms with Gasteiger partial charge in [0.1, 0.15) is 25.4 Å². The highest BCUT2D eigenvalue weighted by Gasteiger charge is 2.29. The summed E-state index contributed by atoms with van der Waals surface area (Å²) in [7, 11) is -9.83. The van der Waals surface area contributed by atoms with E-state index in [9.17, 15) is 43.5 Å². The van der Waals surface area contributed by atoms with E-state index < -0.39 is 91.5 Å². The molecule has 0 aliphatic carbocycles. The van der Waals surface area contributed by atoms with Gasteiger partial charge in [0.25, 0.3) is 0 Å². The molecule has 0 saturated heterocycles. The van der Waals surface area contributed by atoms with E-state index in [-0.39, 0.29) is 19.3 Å². The van der Waals surface area contributed by atoms with Gasteiger partial charge in [-0.05, 0) is 161 Å². The molecule has 620 valence electrons. The average molecular weight is 1560 g/mol. The van der Waals surface area contributed by atoms with Gasteiger partial charge >= 0.3 is 33.6 Å². The Morgan fingerprint density at radius 2 is 0.486 bits per heavy atom. The first-order valence-electron chi connectivity index (χ1n) is 42.1. The zero-order valence-corrected chi connectivity index (χ0v) is 69.7. The highest BCUT2D eigenvalue weighted by atomic mass is 31.2. The number of carbonyl (C=O) groups is 3. The van der Waals surface area contributed by atoms with E-state index >= 15 is 0 Å². The van der Waals surface area contributed by atoms with Crippen molar-refractivity contribution in [2.45, 2.75) is 334 Å². The Balaban J connectivity index is 4.66. The molecule has 5 unspecified atom stereocenters. The van der Waals surface area contributed by atoms with Crippen molar-refractivity contribution in [1.29, 1.82) is 0 Å². The molecule has 0 rings (SSSR count). The van der Waals surface area contributed by atoms with Gasteiger partial charge in [0.2, 0.25) is 0 Å². The summed E-state index contributed by atoms with van der Waals surface area (Å²) in [5, 5.41) is 20.7. The highest BCUT2D eigenvalue weighted by molar-refractivity contribution is 7.47. The number of hydrogen-bond acceptors (Lipinski definition) is 14. The summed E-state index contributed by atoms with van der Waals surface area (Å²) in [4.78, 5) is 58.8. The van der Waals surface area contributed by atoms with Crippen molar-refractivity contribution in [2.75, 3.05) is 39.6 Å². The van der Waals surface area contributed by atoms with Gasteiger partial charge in [-0.3, -0.25) is 32.5 Å². The lowest BCUT2D eigenvalue weighted by atomic mass is 10.0. The smallest absolute Gasteiger partial charge is 0.463 e. The second-order valence-corrected chi connectivity index (χ2v) is 30.4. The molecule has 5 atom stereocenters. The van der Waals surface area contributed by atoms with Crippen LogP contribution in [0.4, 0.5) is 0 Å². The van der Waals surface area contributed by atoms with Gasteiger partial charge in [-0.2, -0.15) is 0 Å². The van der Waals surface area contributed by atoms with Crippen LogP contribution < -0.4 is 0 Å². The Kier molecular flexibility index (Phi) is 78.1. The maximum atomic E-state index is 13.0. The number of ether oxygens (including phenoxy) is 3. The van der Waals surface area contributed by atoms with Crippen LogP contribution in [0.3, 0.4) is 0 Å². The normalized spacial score (nSPS) is 14.8. The molecule has 0 spiro atoms. The number of rotatable bonds is 78. The van der Waals surface area contributed by atoms with E-state index in [1.54, 1.807) is 0 Å². The van der Waals surface area contributed by atoms with Crippen molar-refractivity contribution in [1.82, 2.24) is 0 Å². The molecule has 0 aliphatic rings. The number of phosphoric ester groups is 2.